The maximum atomic E-state index is 2.49. The van der Waals surface area contributed by atoms with Crippen molar-refractivity contribution in [3.8, 4) is 44.5 Å². The molecule has 1 nitrogen and oxygen atoms in total. The highest BCUT2D eigenvalue weighted by Gasteiger charge is 2.41. The molecule has 0 amide bonds. The highest BCUT2D eigenvalue weighted by atomic mass is 15.1. The third kappa shape index (κ3) is 5.97. The van der Waals surface area contributed by atoms with Crippen molar-refractivity contribution in [1.82, 2.24) is 0 Å². The topological polar surface area (TPSA) is 3.24 Å². The van der Waals surface area contributed by atoms with E-state index in [-0.39, 0.29) is 10.8 Å². The molecule has 0 heterocycles. The fourth-order valence-electron chi connectivity index (χ4n) is 10.8. The predicted molar refractivity (Wildman–Crippen MR) is 242 cm³/mol. The van der Waals surface area contributed by atoms with Crippen molar-refractivity contribution in [3.05, 3.63) is 186 Å². The Morgan fingerprint density at radius 1 is 0.404 bits per heavy atom. The molecule has 0 radical (unpaired) electrons. The lowest BCUT2D eigenvalue weighted by atomic mass is 9.77. The summed E-state index contributed by atoms with van der Waals surface area (Å²) in [6.45, 7) is 9.65. The van der Waals surface area contributed by atoms with Crippen LogP contribution >= 0.6 is 0 Å². The molecule has 0 atom stereocenters. The summed E-state index contributed by atoms with van der Waals surface area (Å²) in [5.41, 5.74) is 21.0. The van der Waals surface area contributed by atoms with Gasteiger partial charge in [-0.05, 0) is 127 Å². The summed E-state index contributed by atoms with van der Waals surface area (Å²) in [6, 6.07) is 59.7. The van der Waals surface area contributed by atoms with Crippen LogP contribution in [0.25, 0.3) is 44.5 Å². The van der Waals surface area contributed by atoms with Crippen molar-refractivity contribution in [1.29, 1.82) is 0 Å². The quantitative estimate of drug-likeness (QED) is 0.164. The molecule has 0 saturated heterocycles. The highest BCUT2D eigenvalue weighted by Crippen LogP contribution is 2.57. The number of hydrogen-bond acceptors (Lipinski definition) is 1. The molecule has 0 unspecified atom stereocenters. The van der Waals surface area contributed by atoms with Crippen LogP contribution < -0.4 is 4.90 Å². The van der Waals surface area contributed by atoms with Gasteiger partial charge in [-0.1, -0.05) is 181 Å². The fraction of sp³-hybridized carbons (Fsp3) is 0.250. The molecule has 0 aromatic heterocycles. The van der Waals surface area contributed by atoms with E-state index in [1.807, 2.05) is 0 Å². The van der Waals surface area contributed by atoms with Gasteiger partial charge in [-0.3, -0.25) is 0 Å². The van der Waals surface area contributed by atoms with Crippen molar-refractivity contribution >= 4 is 17.1 Å². The molecule has 7 aromatic carbocycles. The molecule has 1 fully saturated rings. The van der Waals surface area contributed by atoms with Crippen molar-refractivity contribution in [2.24, 2.45) is 0 Å². The van der Waals surface area contributed by atoms with Crippen LogP contribution in [-0.4, -0.2) is 0 Å². The number of nitrogens with zero attached hydrogens (tertiary/aromatic N) is 1. The van der Waals surface area contributed by atoms with Crippen LogP contribution in [0, 0.1) is 0 Å². The molecule has 3 aliphatic rings. The molecular weight excluding hydrogens is 687 g/mol. The molecule has 3 aliphatic carbocycles. The minimum Gasteiger partial charge on any atom is -0.310 e. The summed E-state index contributed by atoms with van der Waals surface area (Å²) in [6.07, 6.45) is 9.45. The summed E-state index contributed by atoms with van der Waals surface area (Å²) in [5, 5.41) is 0. The summed E-state index contributed by atoms with van der Waals surface area (Å²) in [4.78, 5) is 2.48. The molecule has 7 aromatic rings. The summed E-state index contributed by atoms with van der Waals surface area (Å²) in [7, 11) is 0. The van der Waals surface area contributed by atoms with Gasteiger partial charge in [-0.15, -0.1) is 0 Å². The first kappa shape index (κ1) is 35.7. The Bertz CT molecular complexity index is 2600. The highest BCUT2D eigenvalue weighted by molar-refractivity contribution is 5.98. The Labute approximate surface area is 340 Å². The van der Waals surface area contributed by atoms with Crippen LogP contribution in [0.15, 0.2) is 158 Å². The predicted octanol–water partition coefficient (Wildman–Crippen LogP) is 15.9. The third-order valence-corrected chi connectivity index (χ3v) is 13.8. The van der Waals surface area contributed by atoms with Gasteiger partial charge in [0.25, 0.3) is 0 Å². The Morgan fingerprint density at radius 2 is 0.982 bits per heavy atom. The molecule has 1 heteroatoms. The molecular formula is C56H53N. The second kappa shape index (κ2) is 14.1. The smallest absolute Gasteiger partial charge is 0.0467 e. The summed E-state index contributed by atoms with van der Waals surface area (Å²) in [5.74, 6) is 0.660. The van der Waals surface area contributed by atoms with E-state index >= 15 is 0 Å². The molecule has 10 rings (SSSR count). The number of hydrogen-bond donors (Lipinski definition) is 0. The van der Waals surface area contributed by atoms with Gasteiger partial charge in [0.05, 0.1) is 0 Å². The van der Waals surface area contributed by atoms with E-state index in [1.165, 1.54) is 134 Å². The minimum absolute atomic E-state index is 0.0914. The standard InChI is InChI=1S/C56H53N/c1-55(2)51-29-17-25-46(48-27-16-26-47-45-24-13-14-28-50(45)56(3,4)54(47)48)53(51)49-35-34-44(37-52(49)55)57(43-23-15-22-41(36-43)39-20-11-8-12-21-39)42-32-30-40(31-33-42)38-18-9-6-5-7-10-19-38/h8,11-17,20-38H,5-7,9-10,18-19H2,1-4H3. The second-order valence-electron chi connectivity index (χ2n) is 17.9. The SMILES string of the molecule is CC1(C)c2cc(N(c3ccc(C4CCCCCCC4)cc3)c3cccc(-c4ccccc4)c3)ccc2-c2c(-c3cccc4c3C(C)(C)c3ccccc3-4)cccc21. The van der Waals surface area contributed by atoms with Gasteiger partial charge < -0.3 is 4.90 Å². The van der Waals surface area contributed by atoms with Gasteiger partial charge >= 0.3 is 0 Å². The fourth-order valence-corrected chi connectivity index (χ4v) is 10.8. The van der Waals surface area contributed by atoms with Gasteiger partial charge in [-0.25, -0.2) is 0 Å². The van der Waals surface area contributed by atoms with Crippen LogP contribution in [0.3, 0.4) is 0 Å². The van der Waals surface area contributed by atoms with Crippen LogP contribution in [0.1, 0.15) is 106 Å². The lowest BCUT2D eigenvalue weighted by molar-refractivity contribution is 0.455. The first-order valence-corrected chi connectivity index (χ1v) is 21.4. The van der Waals surface area contributed by atoms with Gasteiger partial charge in [0.2, 0.25) is 0 Å². The maximum absolute atomic E-state index is 2.49. The zero-order valence-corrected chi connectivity index (χ0v) is 34.0. The number of fused-ring (bicyclic) bond motifs is 6. The Balaban J connectivity index is 1.10. The average molecular weight is 740 g/mol. The van der Waals surface area contributed by atoms with E-state index in [0.717, 1.165) is 0 Å². The molecule has 0 spiro atoms. The van der Waals surface area contributed by atoms with Gasteiger partial charge in [0.1, 0.15) is 0 Å². The Morgan fingerprint density at radius 3 is 1.77 bits per heavy atom. The zero-order valence-electron chi connectivity index (χ0n) is 34.0. The molecule has 0 N–H and O–H groups in total. The van der Waals surface area contributed by atoms with E-state index in [9.17, 15) is 0 Å². The van der Waals surface area contributed by atoms with E-state index in [2.05, 4.69) is 190 Å². The Kier molecular flexibility index (Phi) is 8.82. The Hall–Kier alpha value is -5.66. The normalized spacial score (nSPS) is 16.5. The van der Waals surface area contributed by atoms with Crippen LogP contribution in [0.4, 0.5) is 17.1 Å². The molecule has 57 heavy (non-hydrogen) atoms. The molecule has 0 bridgehead atoms. The number of rotatable bonds is 6. The zero-order chi connectivity index (χ0) is 38.7. The van der Waals surface area contributed by atoms with E-state index < -0.39 is 0 Å². The number of anilines is 3. The molecule has 282 valence electrons. The third-order valence-electron chi connectivity index (χ3n) is 13.8. The van der Waals surface area contributed by atoms with Crippen molar-refractivity contribution < 1.29 is 0 Å². The largest absolute Gasteiger partial charge is 0.310 e. The monoisotopic (exact) mass is 739 g/mol. The van der Waals surface area contributed by atoms with Gasteiger partial charge in [0.15, 0.2) is 0 Å². The summed E-state index contributed by atoms with van der Waals surface area (Å²) >= 11 is 0. The maximum Gasteiger partial charge on any atom is 0.0467 e. The van der Waals surface area contributed by atoms with E-state index in [0.29, 0.717) is 5.92 Å². The average Bonchev–Trinajstić information content (AvgIpc) is 3.61. The number of benzene rings is 7. The van der Waals surface area contributed by atoms with Crippen molar-refractivity contribution in [3.63, 3.8) is 0 Å². The van der Waals surface area contributed by atoms with E-state index in [4.69, 9.17) is 0 Å². The minimum atomic E-state index is -0.174. The van der Waals surface area contributed by atoms with Crippen LogP contribution in [-0.2, 0) is 10.8 Å². The van der Waals surface area contributed by atoms with Gasteiger partial charge in [-0.2, -0.15) is 0 Å². The van der Waals surface area contributed by atoms with Crippen molar-refractivity contribution in [2.45, 2.75) is 89.4 Å². The first-order chi connectivity index (χ1) is 27.8. The molecule has 0 aliphatic heterocycles. The molecule has 1 saturated carbocycles. The van der Waals surface area contributed by atoms with Gasteiger partial charge in [0, 0.05) is 27.9 Å². The van der Waals surface area contributed by atoms with Crippen LogP contribution in [0.5, 0.6) is 0 Å². The van der Waals surface area contributed by atoms with E-state index in [1.54, 1.807) is 0 Å². The second-order valence-corrected chi connectivity index (χ2v) is 17.9. The summed E-state index contributed by atoms with van der Waals surface area (Å²) < 4.78 is 0. The first-order valence-electron chi connectivity index (χ1n) is 21.4. The van der Waals surface area contributed by atoms with Crippen molar-refractivity contribution in [2.75, 3.05) is 4.90 Å². The lowest BCUT2D eigenvalue weighted by Gasteiger charge is -2.29. The van der Waals surface area contributed by atoms with Crippen LogP contribution in [0.2, 0.25) is 0 Å². The lowest BCUT2D eigenvalue weighted by Crippen LogP contribution is -2.17.